The summed E-state index contributed by atoms with van der Waals surface area (Å²) in [4.78, 5) is 16.1. The van der Waals surface area contributed by atoms with Crippen LogP contribution in [0.1, 0.15) is 35.7 Å². The highest BCUT2D eigenvalue weighted by atomic mass is 127. The Morgan fingerprint density at radius 3 is 2.89 bits per heavy atom. The molecule has 1 amide bonds. The van der Waals surface area contributed by atoms with Gasteiger partial charge in [-0.1, -0.05) is 12.1 Å². The zero-order valence-corrected chi connectivity index (χ0v) is 18.5. The molecule has 0 radical (unpaired) electrons. The number of hydrogen-bond donors (Lipinski definition) is 3. The quantitative estimate of drug-likeness (QED) is 0.213. The molecule has 1 aliphatic heterocycles. The van der Waals surface area contributed by atoms with Crippen molar-refractivity contribution in [3.8, 4) is 0 Å². The molecule has 152 valence electrons. The van der Waals surface area contributed by atoms with Crippen LogP contribution in [0.3, 0.4) is 0 Å². The Morgan fingerprint density at radius 2 is 2.19 bits per heavy atom. The minimum Gasteiger partial charge on any atom is -0.379 e. The fourth-order valence-corrected chi connectivity index (χ4v) is 2.66. The highest BCUT2D eigenvalue weighted by Gasteiger charge is 2.15. The number of nitrogens with zero attached hydrogens (tertiary/aromatic N) is 1. The van der Waals surface area contributed by atoms with Gasteiger partial charge >= 0.3 is 0 Å². The van der Waals surface area contributed by atoms with E-state index in [9.17, 15) is 4.79 Å². The molecule has 1 atom stereocenters. The molecule has 0 bridgehead atoms. The maximum atomic E-state index is 11.9. The van der Waals surface area contributed by atoms with E-state index in [1.54, 1.807) is 7.05 Å². The van der Waals surface area contributed by atoms with Gasteiger partial charge in [0.2, 0.25) is 0 Å². The molecule has 1 aliphatic rings. The molecule has 27 heavy (non-hydrogen) atoms. The van der Waals surface area contributed by atoms with Crippen LogP contribution in [0.25, 0.3) is 0 Å². The first-order valence-corrected chi connectivity index (χ1v) is 9.24. The van der Waals surface area contributed by atoms with Gasteiger partial charge in [-0.15, -0.1) is 24.0 Å². The van der Waals surface area contributed by atoms with Crippen LogP contribution in [-0.2, 0) is 16.0 Å². The number of aliphatic imine (C=N–C) groups is 1. The number of rotatable bonds is 9. The molecular formula is C19H31IN4O3. The molecule has 0 spiro atoms. The highest BCUT2D eigenvalue weighted by Crippen LogP contribution is 2.08. The van der Waals surface area contributed by atoms with Gasteiger partial charge in [0.15, 0.2) is 5.96 Å². The third kappa shape index (κ3) is 8.89. The first-order valence-electron chi connectivity index (χ1n) is 9.24. The van der Waals surface area contributed by atoms with Gasteiger partial charge in [0.05, 0.1) is 12.7 Å². The topological polar surface area (TPSA) is 84.0 Å². The number of carbonyl (C=O) groups is 1. The second-order valence-corrected chi connectivity index (χ2v) is 6.12. The zero-order chi connectivity index (χ0) is 18.6. The summed E-state index contributed by atoms with van der Waals surface area (Å²) in [6.07, 6.45) is 2.15. The van der Waals surface area contributed by atoms with E-state index in [0.29, 0.717) is 31.9 Å². The lowest BCUT2D eigenvalue weighted by Gasteiger charge is -2.13. The molecule has 0 saturated carbocycles. The van der Waals surface area contributed by atoms with Crippen molar-refractivity contribution in [2.75, 3.05) is 40.0 Å². The van der Waals surface area contributed by atoms with Gasteiger partial charge in [-0.25, -0.2) is 0 Å². The average molecular weight is 490 g/mol. The van der Waals surface area contributed by atoms with E-state index in [1.165, 1.54) is 0 Å². The summed E-state index contributed by atoms with van der Waals surface area (Å²) in [5.41, 5.74) is 1.70. The van der Waals surface area contributed by atoms with Crippen molar-refractivity contribution in [2.24, 2.45) is 4.99 Å². The molecule has 0 aromatic heterocycles. The third-order valence-electron chi connectivity index (χ3n) is 4.07. The van der Waals surface area contributed by atoms with Gasteiger partial charge in [0, 0.05) is 45.5 Å². The Morgan fingerprint density at radius 1 is 1.33 bits per heavy atom. The van der Waals surface area contributed by atoms with E-state index in [2.05, 4.69) is 20.9 Å². The van der Waals surface area contributed by atoms with Crippen molar-refractivity contribution in [3.05, 3.63) is 35.4 Å². The molecule has 1 unspecified atom stereocenters. The molecule has 8 heteroatoms. The van der Waals surface area contributed by atoms with Gasteiger partial charge in [0.25, 0.3) is 5.91 Å². The third-order valence-corrected chi connectivity index (χ3v) is 4.07. The molecule has 1 saturated heterocycles. The van der Waals surface area contributed by atoms with Crippen molar-refractivity contribution >= 4 is 35.8 Å². The summed E-state index contributed by atoms with van der Waals surface area (Å²) in [7, 11) is 1.74. The van der Waals surface area contributed by atoms with Crippen LogP contribution in [0.4, 0.5) is 0 Å². The maximum Gasteiger partial charge on any atom is 0.251 e. The molecule has 0 aliphatic carbocycles. The van der Waals surface area contributed by atoms with Gasteiger partial charge < -0.3 is 25.4 Å². The first kappa shape index (κ1) is 23.6. The number of guanidine groups is 1. The molecular weight excluding hydrogens is 459 g/mol. The maximum absolute atomic E-state index is 11.9. The Hall–Kier alpha value is -1.39. The number of halogens is 1. The Balaban J connectivity index is 0.00000364. The standard InChI is InChI=1S/C19H30N4O3.HI/c1-3-21-18(24)16-7-4-6-15(12-16)13-23-19(20-2)22-9-5-10-26-17-8-11-25-14-17;/h4,6-7,12,17H,3,5,8-11,13-14H2,1-2H3,(H,21,24)(H2,20,22,23);1H. The molecule has 2 rings (SSSR count). The van der Waals surface area contributed by atoms with E-state index >= 15 is 0 Å². The van der Waals surface area contributed by atoms with E-state index in [4.69, 9.17) is 9.47 Å². The zero-order valence-electron chi connectivity index (χ0n) is 16.1. The van der Waals surface area contributed by atoms with Gasteiger partial charge in [-0.3, -0.25) is 9.79 Å². The first-order chi connectivity index (χ1) is 12.7. The Labute approximate surface area is 178 Å². The van der Waals surface area contributed by atoms with Crippen LogP contribution in [0.5, 0.6) is 0 Å². The van der Waals surface area contributed by atoms with Crippen LogP contribution in [0.2, 0.25) is 0 Å². The molecule has 3 N–H and O–H groups in total. The fourth-order valence-electron chi connectivity index (χ4n) is 2.66. The largest absolute Gasteiger partial charge is 0.379 e. The van der Waals surface area contributed by atoms with E-state index in [0.717, 1.165) is 37.5 Å². The normalized spacial score (nSPS) is 16.5. The predicted molar refractivity (Wildman–Crippen MR) is 118 cm³/mol. The van der Waals surface area contributed by atoms with Crippen LogP contribution < -0.4 is 16.0 Å². The Kier molecular flexibility index (Phi) is 12.0. The number of carbonyl (C=O) groups excluding carboxylic acids is 1. The van der Waals surface area contributed by atoms with Gasteiger partial charge in [-0.2, -0.15) is 0 Å². The van der Waals surface area contributed by atoms with Crippen LogP contribution in [0, 0.1) is 0 Å². The van der Waals surface area contributed by atoms with Crippen molar-refractivity contribution in [1.29, 1.82) is 0 Å². The van der Waals surface area contributed by atoms with E-state index in [-0.39, 0.29) is 36.0 Å². The van der Waals surface area contributed by atoms with Crippen molar-refractivity contribution < 1.29 is 14.3 Å². The molecule has 1 aromatic rings. The second kappa shape index (κ2) is 13.7. The summed E-state index contributed by atoms with van der Waals surface area (Å²) in [6, 6.07) is 7.59. The highest BCUT2D eigenvalue weighted by molar-refractivity contribution is 14.0. The minimum atomic E-state index is -0.0514. The molecule has 1 heterocycles. The van der Waals surface area contributed by atoms with Crippen molar-refractivity contribution in [2.45, 2.75) is 32.4 Å². The second-order valence-electron chi connectivity index (χ2n) is 6.12. The van der Waals surface area contributed by atoms with E-state index in [1.807, 2.05) is 31.2 Å². The summed E-state index contributed by atoms with van der Waals surface area (Å²) in [5.74, 6) is 0.683. The molecule has 1 fully saturated rings. The van der Waals surface area contributed by atoms with E-state index < -0.39 is 0 Å². The summed E-state index contributed by atoms with van der Waals surface area (Å²) in [6.45, 7) is 6.15. The number of hydrogen-bond acceptors (Lipinski definition) is 4. The van der Waals surface area contributed by atoms with Gasteiger partial charge in [-0.05, 0) is 37.5 Å². The lowest BCUT2D eigenvalue weighted by Crippen LogP contribution is -2.37. The predicted octanol–water partition coefficient (Wildman–Crippen LogP) is 1.91. The summed E-state index contributed by atoms with van der Waals surface area (Å²) < 4.78 is 11.0. The SMILES string of the molecule is CCNC(=O)c1cccc(CNC(=NC)NCCCOC2CCOC2)c1.I. The smallest absolute Gasteiger partial charge is 0.251 e. The number of benzene rings is 1. The van der Waals surface area contributed by atoms with Crippen LogP contribution >= 0.6 is 24.0 Å². The van der Waals surface area contributed by atoms with Crippen molar-refractivity contribution in [1.82, 2.24) is 16.0 Å². The summed E-state index contributed by atoms with van der Waals surface area (Å²) >= 11 is 0. The molecule has 7 nitrogen and oxygen atoms in total. The number of amides is 1. The lowest BCUT2D eigenvalue weighted by atomic mass is 10.1. The number of ether oxygens (including phenoxy) is 2. The Bertz CT molecular complexity index is 592. The number of nitrogens with one attached hydrogen (secondary N) is 3. The van der Waals surface area contributed by atoms with Crippen LogP contribution in [-0.4, -0.2) is 57.9 Å². The van der Waals surface area contributed by atoms with Gasteiger partial charge in [0.1, 0.15) is 0 Å². The molecule has 1 aromatic carbocycles. The lowest BCUT2D eigenvalue weighted by molar-refractivity contribution is 0.0420. The van der Waals surface area contributed by atoms with Crippen molar-refractivity contribution in [3.63, 3.8) is 0 Å². The van der Waals surface area contributed by atoms with Crippen LogP contribution in [0.15, 0.2) is 29.3 Å². The monoisotopic (exact) mass is 490 g/mol. The average Bonchev–Trinajstić information content (AvgIpc) is 3.18. The fraction of sp³-hybridized carbons (Fsp3) is 0.579. The summed E-state index contributed by atoms with van der Waals surface area (Å²) in [5, 5.41) is 9.34. The minimum absolute atomic E-state index is 0.